The fraction of sp³-hybridized carbons (Fsp3) is 0.529. The minimum absolute atomic E-state index is 0.137. The molecule has 1 fully saturated rings. The maximum atomic E-state index is 11.9. The Labute approximate surface area is 141 Å². The number of aliphatic hydroxyl groups is 1. The zero-order valence-corrected chi connectivity index (χ0v) is 13.9. The van der Waals surface area contributed by atoms with E-state index in [2.05, 4.69) is 10.6 Å². The zero-order chi connectivity index (χ0) is 16.7. The van der Waals surface area contributed by atoms with Crippen molar-refractivity contribution < 1.29 is 14.7 Å². The molecular formula is C17H23ClN2O3. The number of halogens is 1. The van der Waals surface area contributed by atoms with Crippen molar-refractivity contribution in [1.29, 1.82) is 0 Å². The number of amides is 2. The van der Waals surface area contributed by atoms with Crippen molar-refractivity contribution in [3.63, 3.8) is 0 Å². The number of nitrogens with one attached hydrogen (secondary N) is 2. The summed E-state index contributed by atoms with van der Waals surface area (Å²) in [4.78, 5) is 23.7. The molecule has 6 heteroatoms. The number of hydrogen-bond acceptors (Lipinski definition) is 3. The van der Waals surface area contributed by atoms with E-state index in [0.29, 0.717) is 36.5 Å². The SMILES string of the molecule is O=C(CC1(O)CCCCC1)NCCNC(=O)c1ccc(Cl)cc1. The van der Waals surface area contributed by atoms with Crippen LogP contribution in [0.5, 0.6) is 0 Å². The summed E-state index contributed by atoms with van der Waals surface area (Å²) in [5, 5.41) is 16.4. The molecule has 0 bridgehead atoms. The molecule has 0 aliphatic heterocycles. The average molecular weight is 339 g/mol. The van der Waals surface area contributed by atoms with Crippen LogP contribution in [-0.4, -0.2) is 35.6 Å². The van der Waals surface area contributed by atoms with Gasteiger partial charge in [-0.2, -0.15) is 0 Å². The summed E-state index contributed by atoms with van der Waals surface area (Å²) in [5.74, 6) is -0.378. The molecule has 2 amide bonds. The van der Waals surface area contributed by atoms with Crippen molar-refractivity contribution in [2.24, 2.45) is 0 Å². The Hall–Kier alpha value is -1.59. The van der Waals surface area contributed by atoms with Gasteiger partial charge >= 0.3 is 0 Å². The predicted molar refractivity (Wildman–Crippen MR) is 89.4 cm³/mol. The summed E-state index contributed by atoms with van der Waals surface area (Å²) in [5.41, 5.74) is -0.327. The predicted octanol–water partition coefficient (Wildman–Crippen LogP) is 2.27. The van der Waals surface area contributed by atoms with Gasteiger partial charge in [0.2, 0.25) is 5.91 Å². The maximum Gasteiger partial charge on any atom is 0.251 e. The van der Waals surface area contributed by atoms with Crippen LogP contribution in [0.25, 0.3) is 0 Å². The molecule has 0 atom stereocenters. The van der Waals surface area contributed by atoms with Crippen molar-refractivity contribution in [3.05, 3.63) is 34.9 Å². The van der Waals surface area contributed by atoms with Crippen molar-refractivity contribution in [1.82, 2.24) is 10.6 Å². The molecule has 0 saturated heterocycles. The van der Waals surface area contributed by atoms with Gasteiger partial charge in [-0.15, -0.1) is 0 Å². The molecule has 1 aromatic rings. The number of carbonyl (C=O) groups excluding carboxylic acids is 2. The molecule has 0 aromatic heterocycles. The smallest absolute Gasteiger partial charge is 0.251 e. The fourth-order valence-electron chi connectivity index (χ4n) is 2.83. The van der Waals surface area contributed by atoms with Gasteiger partial charge in [0.1, 0.15) is 0 Å². The van der Waals surface area contributed by atoms with Gasteiger partial charge in [0, 0.05) is 23.7 Å². The first-order valence-electron chi connectivity index (χ1n) is 8.01. The number of hydrogen-bond donors (Lipinski definition) is 3. The van der Waals surface area contributed by atoms with Crippen molar-refractivity contribution in [2.45, 2.75) is 44.1 Å². The second-order valence-electron chi connectivity index (χ2n) is 6.07. The molecule has 3 N–H and O–H groups in total. The molecule has 23 heavy (non-hydrogen) atoms. The molecular weight excluding hydrogens is 316 g/mol. The van der Waals surface area contributed by atoms with E-state index >= 15 is 0 Å². The molecule has 2 rings (SSSR count). The Morgan fingerprint density at radius 1 is 1.04 bits per heavy atom. The second-order valence-corrected chi connectivity index (χ2v) is 6.51. The first-order chi connectivity index (χ1) is 11.0. The van der Waals surface area contributed by atoms with Gasteiger partial charge in [-0.3, -0.25) is 9.59 Å². The highest BCUT2D eigenvalue weighted by Crippen LogP contribution is 2.30. The summed E-state index contributed by atoms with van der Waals surface area (Å²) < 4.78 is 0. The van der Waals surface area contributed by atoms with Crippen LogP contribution in [-0.2, 0) is 4.79 Å². The van der Waals surface area contributed by atoms with E-state index in [4.69, 9.17) is 11.6 Å². The lowest BCUT2D eigenvalue weighted by Crippen LogP contribution is -2.40. The van der Waals surface area contributed by atoms with Gasteiger partial charge in [-0.25, -0.2) is 0 Å². The highest BCUT2D eigenvalue weighted by Gasteiger charge is 2.31. The molecule has 1 aliphatic rings. The highest BCUT2D eigenvalue weighted by atomic mass is 35.5. The van der Waals surface area contributed by atoms with E-state index < -0.39 is 5.60 Å². The third kappa shape index (κ3) is 5.84. The van der Waals surface area contributed by atoms with Crippen LogP contribution < -0.4 is 10.6 Å². The van der Waals surface area contributed by atoms with E-state index in [9.17, 15) is 14.7 Å². The van der Waals surface area contributed by atoms with Gasteiger partial charge in [0.25, 0.3) is 5.91 Å². The van der Waals surface area contributed by atoms with Crippen LogP contribution in [0.2, 0.25) is 5.02 Å². The first-order valence-corrected chi connectivity index (χ1v) is 8.39. The zero-order valence-electron chi connectivity index (χ0n) is 13.1. The van der Waals surface area contributed by atoms with E-state index in [1.807, 2.05) is 0 Å². The van der Waals surface area contributed by atoms with Gasteiger partial charge < -0.3 is 15.7 Å². The monoisotopic (exact) mass is 338 g/mol. The molecule has 0 unspecified atom stereocenters. The molecule has 0 heterocycles. The number of carbonyl (C=O) groups is 2. The quantitative estimate of drug-likeness (QED) is 0.696. The third-order valence-corrected chi connectivity index (χ3v) is 4.36. The van der Waals surface area contributed by atoms with Gasteiger partial charge in [-0.1, -0.05) is 30.9 Å². The lowest BCUT2D eigenvalue weighted by molar-refractivity contribution is -0.127. The normalized spacial score (nSPS) is 16.6. The minimum Gasteiger partial charge on any atom is -0.389 e. The molecule has 5 nitrogen and oxygen atoms in total. The largest absolute Gasteiger partial charge is 0.389 e. The van der Waals surface area contributed by atoms with E-state index in [1.54, 1.807) is 24.3 Å². The van der Waals surface area contributed by atoms with Crippen LogP contribution in [0.4, 0.5) is 0 Å². The summed E-state index contributed by atoms with van der Waals surface area (Å²) in [7, 11) is 0. The Balaban J connectivity index is 1.65. The molecule has 0 radical (unpaired) electrons. The summed E-state index contributed by atoms with van der Waals surface area (Å²) in [6, 6.07) is 6.61. The lowest BCUT2D eigenvalue weighted by atomic mass is 9.82. The number of rotatable bonds is 6. The topological polar surface area (TPSA) is 78.4 Å². The van der Waals surface area contributed by atoms with Crippen LogP contribution >= 0.6 is 11.6 Å². The Morgan fingerprint density at radius 3 is 2.30 bits per heavy atom. The second kappa shape index (κ2) is 8.31. The summed E-state index contributed by atoms with van der Waals surface area (Å²) >= 11 is 5.77. The Bertz CT molecular complexity index is 539. The summed E-state index contributed by atoms with van der Waals surface area (Å²) in [6.07, 6.45) is 4.59. The lowest BCUT2D eigenvalue weighted by Gasteiger charge is -2.31. The van der Waals surface area contributed by atoms with Crippen molar-refractivity contribution >= 4 is 23.4 Å². The molecule has 1 aromatic carbocycles. The third-order valence-electron chi connectivity index (χ3n) is 4.11. The minimum atomic E-state index is -0.852. The Kier molecular flexibility index (Phi) is 6.42. The van der Waals surface area contributed by atoms with Crippen LogP contribution in [0.15, 0.2) is 24.3 Å². The first kappa shape index (κ1) is 17.8. The van der Waals surface area contributed by atoms with Crippen LogP contribution in [0.1, 0.15) is 48.9 Å². The standard InChI is InChI=1S/C17H23ClN2O3/c18-14-6-4-13(5-7-14)16(22)20-11-10-19-15(21)12-17(23)8-2-1-3-9-17/h4-7,23H,1-3,8-12H2,(H,19,21)(H,20,22). The van der Waals surface area contributed by atoms with Crippen LogP contribution in [0, 0.1) is 0 Å². The van der Waals surface area contributed by atoms with Crippen LogP contribution in [0.3, 0.4) is 0 Å². The van der Waals surface area contributed by atoms with Gasteiger partial charge in [-0.05, 0) is 37.1 Å². The highest BCUT2D eigenvalue weighted by molar-refractivity contribution is 6.30. The van der Waals surface area contributed by atoms with Gasteiger partial charge in [0.15, 0.2) is 0 Å². The van der Waals surface area contributed by atoms with Crippen molar-refractivity contribution in [3.8, 4) is 0 Å². The maximum absolute atomic E-state index is 11.9. The number of benzene rings is 1. The van der Waals surface area contributed by atoms with E-state index in [1.165, 1.54) is 0 Å². The molecule has 1 saturated carbocycles. The van der Waals surface area contributed by atoms with Gasteiger partial charge in [0.05, 0.1) is 12.0 Å². The average Bonchev–Trinajstić information content (AvgIpc) is 2.52. The van der Waals surface area contributed by atoms with Crippen molar-refractivity contribution in [2.75, 3.05) is 13.1 Å². The molecule has 0 spiro atoms. The summed E-state index contributed by atoms with van der Waals surface area (Å²) in [6.45, 7) is 0.680. The molecule has 126 valence electrons. The Morgan fingerprint density at radius 2 is 1.65 bits per heavy atom. The fourth-order valence-corrected chi connectivity index (χ4v) is 2.96. The molecule has 1 aliphatic carbocycles. The van der Waals surface area contributed by atoms with E-state index in [-0.39, 0.29) is 18.2 Å². The van der Waals surface area contributed by atoms with E-state index in [0.717, 1.165) is 19.3 Å².